The lowest BCUT2D eigenvalue weighted by molar-refractivity contribution is -0.141. The van der Waals surface area contributed by atoms with E-state index in [9.17, 15) is 4.79 Å². The monoisotopic (exact) mass is 274 g/mol. The molecular formula is C13H26O4Si. The highest BCUT2D eigenvalue weighted by atomic mass is 28.4. The molecule has 0 aromatic rings. The summed E-state index contributed by atoms with van der Waals surface area (Å²) in [6.45, 7) is 14.2. The summed E-state index contributed by atoms with van der Waals surface area (Å²) in [7, 11) is -2.49. The van der Waals surface area contributed by atoms with E-state index < -0.39 is 8.56 Å². The minimum absolute atomic E-state index is 0.332. The second kappa shape index (κ2) is 8.45. The molecule has 0 radical (unpaired) electrons. The summed E-state index contributed by atoms with van der Waals surface area (Å²) in [6, 6.07) is 0.819. The van der Waals surface area contributed by atoms with Crippen LogP contribution in [-0.2, 0) is 18.4 Å². The molecule has 106 valence electrons. The third-order valence-corrected chi connectivity index (χ3v) is 6.74. The van der Waals surface area contributed by atoms with Crippen molar-refractivity contribution in [3.05, 3.63) is 12.2 Å². The fraction of sp³-hybridized carbons (Fsp3) is 0.769. The minimum atomic E-state index is -2.49. The molecule has 0 fully saturated rings. The highest BCUT2D eigenvalue weighted by Gasteiger charge is 2.45. The first-order valence-corrected chi connectivity index (χ1v) is 8.67. The zero-order chi connectivity index (χ0) is 14.2. The largest absolute Gasteiger partial charge is 0.457 e. The van der Waals surface area contributed by atoms with Gasteiger partial charge in [0.1, 0.15) is 5.73 Å². The molecule has 1 unspecified atom stereocenters. The Labute approximate surface area is 112 Å². The van der Waals surface area contributed by atoms with Crippen LogP contribution < -0.4 is 0 Å². The van der Waals surface area contributed by atoms with Crippen molar-refractivity contribution >= 4 is 14.5 Å². The van der Waals surface area contributed by atoms with Gasteiger partial charge in [-0.15, -0.1) is 0 Å². The van der Waals surface area contributed by atoms with Crippen molar-refractivity contribution in [3.63, 3.8) is 0 Å². The highest BCUT2D eigenvalue weighted by molar-refractivity contribution is 6.68. The quantitative estimate of drug-likeness (QED) is 0.368. The fourth-order valence-corrected chi connectivity index (χ4v) is 5.02. The van der Waals surface area contributed by atoms with E-state index in [1.165, 1.54) is 0 Å². The van der Waals surface area contributed by atoms with E-state index in [1.54, 1.807) is 6.92 Å². The maximum absolute atomic E-state index is 11.6. The van der Waals surface area contributed by atoms with Gasteiger partial charge in [-0.1, -0.05) is 19.9 Å². The molecule has 0 amide bonds. The number of esters is 1. The third kappa shape index (κ3) is 4.92. The first-order valence-electron chi connectivity index (χ1n) is 6.57. The predicted molar refractivity (Wildman–Crippen MR) is 74.5 cm³/mol. The molecule has 0 heterocycles. The lowest BCUT2D eigenvalue weighted by Crippen LogP contribution is -2.54. The van der Waals surface area contributed by atoms with Crippen LogP contribution in [0.15, 0.2) is 12.2 Å². The summed E-state index contributed by atoms with van der Waals surface area (Å²) in [4.78, 5) is 11.6. The Morgan fingerprint density at radius 1 is 1.22 bits per heavy atom. The van der Waals surface area contributed by atoms with Gasteiger partial charge in [0.25, 0.3) is 0 Å². The second-order valence-corrected chi connectivity index (χ2v) is 7.77. The summed E-state index contributed by atoms with van der Waals surface area (Å²) in [5, 5.41) is 0. The van der Waals surface area contributed by atoms with Crippen LogP contribution >= 0.6 is 0 Å². The number of carbonyl (C=O) groups excluding carboxylic acids is 1. The Balaban J connectivity index is 4.89. The molecule has 4 nitrogen and oxygen atoms in total. The van der Waals surface area contributed by atoms with Crippen molar-refractivity contribution in [1.82, 2.24) is 0 Å². The average Bonchev–Trinajstić information content (AvgIpc) is 2.29. The summed E-state index contributed by atoms with van der Waals surface area (Å²) < 4.78 is 17.1. The summed E-state index contributed by atoms with van der Waals surface area (Å²) in [6.07, 6.45) is 0.946. The Morgan fingerprint density at radius 2 is 1.72 bits per heavy atom. The van der Waals surface area contributed by atoms with Crippen LogP contribution in [0.1, 0.15) is 41.0 Å². The van der Waals surface area contributed by atoms with E-state index in [1.807, 2.05) is 20.8 Å². The van der Waals surface area contributed by atoms with Crippen LogP contribution in [0.4, 0.5) is 0 Å². The molecule has 0 saturated carbocycles. The normalized spacial score (nSPS) is 13.2. The van der Waals surface area contributed by atoms with Gasteiger partial charge < -0.3 is 13.6 Å². The number of ether oxygens (including phenoxy) is 1. The standard InChI is InChI=1S/C13H26O4Si/c1-7-10-18(15-8-2,16-9-3)12(6)17-13(14)11(4)5/h12H,4,7-10H2,1-3,5-6H3. The first kappa shape index (κ1) is 17.3. The Kier molecular flexibility index (Phi) is 8.14. The molecule has 0 aliphatic rings. The van der Waals surface area contributed by atoms with Crippen LogP contribution in [0, 0.1) is 0 Å². The molecule has 18 heavy (non-hydrogen) atoms. The van der Waals surface area contributed by atoms with E-state index >= 15 is 0 Å². The lowest BCUT2D eigenvalue weighted by Gasteiger charge is -2.34. The first-order chi connectivity index (χ1) is 8.43. The molecule has 0 aliphatic carbocycles. The fourth-order valence-electron chi connectivity index (χ4n) is 1.81. The summed E-state index contributed by atoms with van der Waals surface area (Å²) in [5.74, 6) is -0.380. The Hall–Kier alpha value is -0.653. The van der Waals surface area contributed by atoms with E-state index in [2.05, 4.69) is 13.5 Å². The van der Waals surface area contributed by atoms with Gasteiger partial charge in [0.05, 0.1) is 0 Å². The van der Waals surface area contributed by atoms with Gasteiger partial charge in [-0.25, -0.2) is 4.79 Å². The zero-order valence-corrected chi connectivity index (χ0v) is 13.2. The molecule has 0 saturated heterocycles. The van der Waals surface area contributed by atoms with Crippen molar-refractivity contribution in [2.24, 2.45) is 0 Å². The van der Waals surface area contributed by atoms with E-state index in [0.717, 1.165) is 12.5 Å². The molecular weight excluding hydrogens is 248 g/mol. The lowest BCUT2D eigenvalue weighted by atomic mass is 10.4. The number of carbonyl (C=O) groups is 1. The van der Waals surface area contributed by atoms with E-state index in [4.69, 9.17) is 13.6 Å². The van der Waals surface area contributed by atoms with Gasteiger partial charge >= 0.3 is 14.5 Å². The van der Waals surface area contributed by atoms with Gasteiger partial charge in [0.2, 0.25) is 0 Å². The SMILES string of the molecule is C=C(C)C(=O)OC(C)[Si](CCC)(OCC)OCC. The molecule has 0 aromatic carbocycles. The Morgan fingerprint density at radius 3 is 2.06 bits per heavy atom. The van der Waals surface area contributed by atoms with Crippen LogP contribution in [0.2, 0.25) is 6.04 Å². The predicted octanol–water partition coefficient (Wildman–Crippen LogP) is 2.96. The molecule has 0 aliphatic heterocycles. The summed E-state index contributed by atoms with van der Waals surface area (Å²) >= 11 is 0. The molecule has 0 aromatic heterocycles. The average molecular weight is 274 g/mol. The van der Waals surface area contributed by atoms with Crippen molar-refractivity contribution in [1.29, 1.82) is 0 Å². The van der Waals surface area contributed by atoms with Crippen molar-refractivity contribution < 1.29 is 18.4 Å². The van der Waals surface area contributed by atoms with Crippen LogP contribution in [0.25, 0.3) is 0 Å². The summed E-state index contributed by atoms with van der Waals surface area (Å²) in [5.41, 5.74) is 0.0656. The van der Waals surface area contributed by atoms with Gasteiger partial charge in [0.15, 0.2) is 0 Å². The van der Waals surface area contributed by atoms with Crippen molar-refractivity contribution in [2.75, 3.05) is 13.2 Å². The molecule has 0 spiro atoms. The van der Waals surface area contributed by atoms with Gasteiger partial charge in [-0.3, -0.25) is 0 Å². The number of hydrogen-bond acceptors (Lipinski definition) is 4. The van der Waals surface area contributed by atoms with Gasteiger partial charge in [-0.05, 0) is 33.7 Å². The molecule has 0 N–H and O–H groups in total. The van der Waals surface area contributed by atoms with Crippen molar-refractivity contribution in [2.45, 2.75) is 52.8 Å². The number of hydrogen-bond donors (Lipinski definition) is 0. The molecule has 0 rings (SSSR count). The molecule has 1 atom stereocenters. The van der Waals surface area contributed by atoms with E-state index in [0.29, 0.717) is 18.8 Å². The van der Waals surface area contributed by atoms with Gasteiger partial charge in [-0.2, -0.15) is 0 Å². The van der Waals surface area contributed by atoms with Crippen LogP contribution in [0.5, 0.6) is 0 Å². The zero-order valence-electron chi connectivity index (χ0n) is 12.2. The van der Waals surface area contributed by atoms with Crippen LogP contribution in [-0.4, -0.2) is 33.5 Å². The number of rotatable bonds is 9. The Bertz CT molecular complexity index is 261. The molecule has 5 heteroatoms. The molecule has 0 bridgehead atoms. The topological polar surface area (TPSA) is 44.8 Å². The van der Waals surface area contributed by atoms with E-state index in [-0.39, 0.29) is 11.7 Å². The highest BCUT2D eigenvalue weighted by Crippen LogP contribution is 2.23. The maximum atomic E-state index is 11.6. The smallest absolute Gasteiger partial charge is 0.380 e. The third-order valence-electron chi connectivity index (χ3n) is 2.63. The van der Waals surface area contributed by atoms with Crippen LogP contribution in [0.3, 0.4) is 0 Å². The maximum Gasteiger partial charge on any atom is 0.380 e. The minimum Gasteiger partial charge on any atom is -0.457 e. The second-order valence-electron chi connectivity index (χ2n) is 4.26. The van der Waals surface area contributed by atoms with Crippen molar-refractivity contribution in [3.8, 4) is 0 Å². The van der Waals surface area contributed by atoms with Gasteiger partial charge in [0, 0.05) is 18.8 Å².